The maximum atomic E-state index is 12.5. The Morgan fingerprint density at radius 3 is 2.64 bits per heavy atom. The molecule has 1 amide bonds. The average Bonchev–Trinajstić information content (AvgIpc) is 2.98. The summed E-state index contributed by atoms with van der Waals surface area (Å²) in [6, 6.07) is 5.85. The van der Waals surface area contributed by atoms with Gasteiger partial charge in [-0.05, 0) is 50.9 Å². The van der Waals surface area contributed by atoms with Gasteiger partial charge in [0.25, 0.3) is 5.91 Å². The second-order valence-corrected chi connectivity index (χ2v) is 8.08. The van der Waals surface area contributed by atoms with Crippen molar-refractivity contribution in [1.82, 2.24) is 4.90 Å². The number of carbonyl (C=O) groups is 2. The number of hydrogen-bond donors (Lipinski definition) is 1. The monoisotopic (exact) mass is 402 g/mol. The highest BCUT2D eigenvalue weighted by atomic mass is 32.1. The van der Waals surface area contributed by atoms with E-state index < -0.39 is 0 Å². The zero-order chi connectivity index (χ0) is 20.3. The molecule has 0 unspecified atom stereocenters. The third-order valence-electron chi connectivity index (χ3n) is 4.74. The molecule has 3 rings (SSSR count). The van der Waals surface area contributed by atoms with E-state index in [1.165, 1.54) is 11.3 Å². The molecule has 1 aromatic heterocycles. The molecule has 0 atom stereocenters. The molecule has 28 heavy (non-hydrogen) atoms. The lowest BCUT2D eigenvalue weighted by atomic mass is 10.0. The van der Waals surface area contributed by atoms with Crippen molar-refractivity contribution < 1.29 is 19.1 Å². The fraction of sp³-hybridized carbons (Fsp3) is 0.429. The Bertz CT molecular complexity index is 871. The van der Waals surface area contributed by atoms with Crippen LogP contribution in [0.5, 0.6) is 5.75 Å². The summed E-state index contributed by atoms with van der Waals surface area (Å²) in [6.45, 7) is 7.50. The van der Waals surface area contributed by atoms with E-state index >= 15 is 0 Å². The van der Waals surface area contributed by atoms with Gasteiger partial charge in [-0.3, -0.25) is 4.79 Å². The van der Waals surface area contributed by atoms with Gasteiger partial charge in [-0.25, -0.2) is 4.79 Å². The molecule has 1 N–H and O–H groups in total. The summed E-state index contributed by atoms with van der Waals surface area (Å²) in [5, 5.41) is 3.42. The molecule has 0 saturated carbocycles. The fourth-order valence-electron chi connectivity index (χ4n) is 3.37. The second-order valence-electron chi connectivity index (χ2n) is 6.97. The van der Waals surface area contributed by atoms with Gasteiger partial charge in [-0.1, -0.05) is 18.2 Å². The van der Waals surface area contributed by atoms with Gasteiger partial charge in [0.05, 0.1) is 12.2 Å². The summed E-state index contributed by atoms with van der Waals surface area (Å²) in [5.74, 6) is 0.0473. The van der Waals surface area contributed by atoms with Gasteiger partial charge in [0, 0.05) is 18.0 Å². The van der Waals surface area contributed by atoms with Crippen molar-refractivity contribution in [3.05, 3.63) is 45.3 Å². The lowest BCUT2D eigenvalue weighted by Gasteiger charge is -2.22. The van der Waals surface area contributed by atoms with Crippen LogP contribution in [0.3, 0.4) is 0 Å². The number of para-hydroxylation sites is 1. The molecule has 150 valence electrons. The molecule has 0 bridgehead atoms. The number of nitrogens with zero attached hydrogens (tertiary/aromatic N) is 1. The molecule has 2 heterocycles. The molecule has 6 nitrogen and oxygen atoms in total. The Morgan fingerprint density at radius 2 is 1.96 bits per heavy atom. The van der Waals surface area contributed by atoms with Crippen LogP contribution in [0.4, 0.5) is 5.00 Å². The smallest absolute Gasteiger partial charge is 0.341 e. The SMILES string of the molecule is CCOC(=O)c1c(NC(=O)COc2c(C)cccc2C)sc2c1CCN(C)C2. The van der Waals surface area contributed by atoms with Crippen molar-refractivity contribution in [1.29, 1.82) is 0 Å². The van der Waals surface area contributed by atoms with Crippen LogP contribution in [-0.2, 0) is 22.5 Å². The molecule has 0 saturated heterocycles. The van der Waals surface area contributed by atoms with Gasteiger partial charge in [-0.15, -0.1) is 11.3 Å². The van der Waals surface area contributed by atoms with Crippen molar-refractivity contribution >= 4 is 28.2 Å². The highest BCUT2D eigenvalue weighted by Gasteiger charge is 2.28. The van der Waals surface area contributed by atoms with E-state index in [-0.39, 0.29) is 18.5 Å². The first-order valence-electron chi connectivity index (χ1n) is 9.39. The van der Waals surface area contributed by atoms with Crippen LogP contribution in [0.1, 0.15) is 38.8 Å². The van der Waals surface area contributed by atoms with Gasteiger partial charge in [-0.2, -0.15) is 0 Å². The van der Waals surface area contributed by atoms with E-state index in [4.69, 9.17) is 9.47 Å². The van der Waals surface area contributed by atoms with Crippen LogP contribution in [0.2, 0.25) is 0 Å². The first-order chi connectivity index (χ1) is 13.4. The Hall–Kier alpha value is -2.38. The Labute approximate surface area is 169 Å². The minimum Gasteiger partial charge on any atom is -0.483 e. The zero-order valence-electron chi connectivity index (χ0n) is 16.8. The van der Waals surface area contributed by atoms with E-state index in [0.717, 1.165) is 46.8 Å². The Morgan fingerprint density at radius 1 is 1.25 bits per heavy atom. The van der Waals surface area contributed by atoms with Crippen LogP contribution in [0.15, 0.2) is 18.2 Å². The third kappa shape index (κ3) is 4.36. The number of fused-ring (bicyclic) bond motifs is 1. The zero-order valence-corrected chi connectivity index (χ0v) is 17.6. The molecule has 0 radical (unpaired) electrons. The standard InChI is InChI=1S/C21H26N2O4S/c1-5-26-21(25)18-15-9-10-23(4)11-16(15)28-20(18)22-17(24)12-27-19-13(2)7-6-8-14(19)3/h6-8H,5,9-12H2,1-4H3,(H,22,24). The number of rotatable bonds is 6. The largest absolute Gasteiger partial charge is 0.483 e. The number of likely N-dealkylation sites (N-methyl/N-ethyl adjacent to an activating group) is 1. The normalized spacial score (nSPS) is 13.7. The molecule has 0 spiro atoms. The molecule has 1 aromatic carbocycles. The van der Waals surface area contributed by atoms with Gasteiger partial charge in [0.2, 0.25) is 0 Å². The van der Waals surface area contributed by atoms with Crippen LogP contribution in [-0.4, -0.2) is 43.6 Å². The lowest BCUT2D eigenvalue weighted by Crippen LogP contribution is -2.26. The highest BCUT2D eigenvalue weighted by Crippen LogP contribution is 2.37. The number of carbonyl (C=O) groups excluding carboxylic acids is 2. The molecule has 1 aliphatic heterocycles. The molecular formula is C21H26N2O4S. The van der Waals surface area contributed by atoms with Crippen molar-refractivity contribution in [2.24, 2.45) is 0 Å². The van der Waals surface area contributed by atoms with E-state index in [9.17, 15) is 9.59 Å². The van der Waals surface area contributed by atoms with Crippen molar-refractivity contribution in [2.75, 3.05) is 32.1 Å². The second kappa shape index (κ2) is 8.75. The van der Waals surface area contributed by atoms with Crippen LogP contribution in [0.25, 0.3) is 0 Å². The number of benzene rings is 1. The first-order valence-corrected chi connectivity index (χ1v) is 10.2. The molecule has 2 aromatic rings. The summed E-state index contributed by atoms with van der Waals surface area (Å²) >= 11 is 1.45. The minimum atomic E-state index is -0.379. The first kappa shape index (κ1) is 20.4. The average molecular weight is 403 g/mol. The number of aryl methyl sites for hydroxylation is 2. The molecule has 0 aliphatic carbocycles. The number of amides is 1. The molecule has 7 heteroatoms. The van der Waals surface area contributed by atoms with E-state index in [2.05, 4.69) is 10.2 Å². The van der Waals surface area contributed by atoms with Crippen LogP contribution in [0, 0.1) is 13.8 Å². The van der Waals surface area contributed by atoms with Gasteiger partial charge < -0.3 is 19.7 Å². The van der Waals surface area contributed by atoms with Gasteiger partial charge in [0.15, 0.2) is 6.61 Å². The predicted octanol–water partition coefficient (Wildman–Crippen LogP) is 3.55. The van der Waals surface area contributed by atoms with Gasteiger partial charge >= 0.3 is 5.97 Å². The molecule has 0 fully saturated rings. The molecule has 1 aliphatic rings. The van der Waals surface area contributed by atoms with E-state index in [1.54, 1.807) is 6.92 Å². The van der Waals surface area contributed by atoms with E-state index in [1.807, 2.05) is 39.1 Å². The highest BCUT2D eigenvalue weighted by molar-refractivity contribution is 7.17. The molecular weight excluding hydrogens is 376 g/mol. The fourth-order valence-corrected chi connectivity index (χ4v) is 4.70. The lowest BCUT2D eigenvalue weighted by molar-refractivity contribution is -0.118. The number of esters is 1. The third-order valence-corrected chi connectivity index (χ3v) is 5.87. The minimum absolute atomic E-state index is 0.115. The summed E-state index contributed by atoms with van der Waals surface area (Å²) in [6.07, 6.45) is 0.769. The van der Waals surface area contributed by atoms with Crippen LogP contribution >= 0.6 is 11.3 Å². The van der Waals surface area contributed by atoms with Gasteiger partial charge in [0.1, 0.15) is 10.8 Å². The number of thiophene rings is 1. The number of ether oxygens (including phenoxy) is 2. The summed E-state index contributed by atoms with van der Waals surface area (Å²) in [4.78, 5) is 28.3. The van der Waals surface area contributed by atoms with Crippen molar-refractivity contribution in [3.63, 3.8) is 0 Å². The summed E-state index contributed by atoms with van der Waals surface area (Å²) in [7, 11) is 2.04. The quantitative estimate of drug-likeness (QED) is 0.749. The van der Waals surface area contributed by atoms with E-state index in [0.29, 0.717) is 17.2 Å². The Kier molecular flexibility index (Phi) is 6.36. The number of hydrogen-bond acceptors (Lipinski definition) is 6. The topological polar surface area (TPSA) is 67.9 Å². The van der Waals surface area contributed by atoms with Crippen molar-refractivity contribution in [2.45, 2.75) is 33.7 Å². The maximum Gasteiger partial charge on any atom is 0.341 e. The Balaban J connectivity index is 1.77. The number of nitrogens with one attached hydrogen (secondary N) is 1. The summed E-state index contributed by atoms with van der Waals surface area (Å²) in [5.41, 5.74) is 3.45. The predicted molar refractivity (Wildman–Crippen MR) is 110 cm³/mol. The number of anilines is 1. The van der Waals surface area contributed by atoms with Crippen molar-refractivity contribution in [3.8, 4) is 5.75 Å². The van der Waals surface area contributed by atoms with Crippen LogP contribution < -0.4 is 10.1 Å². The summed E-state index contributed by atoms with van der Waals surface area (Å²) < 4.78 is 11.0. The maximum absolute atomic E-state index is 12.5.